The highest BCUT2D eigenvalue weighted by Crippen LogP contribution is 2.06. The molecule has 1 fully saturated rings. The van der Waals surface area contributed by atoms with Crippen molar-refractivity contribution in [1.29, 1.82) is 0 Å². The third-order valence-electron chi connectivity index (χ3n) is 1.90. The molecular formula is C8H13Cl2N3O. The van der Waals surface area contributed by atoms with E-state index in [1.54, 1.807) is 18.6 Å². The highest BCUT2D eigenvalue weighted by atomic mass is 35.5. The van der Waals surface area contributed by atoms with Crippen LogP contribution in [0.15, 0.2) is 18.6 Å². The summed E-state index contributed by atoms with van der Waals surface area (Å²) in [5, 5.41) is 3.24. The quantitative estimate of drug-likeness (QED) is 0.855. The lowest BCUT2D eigenvalue weighted by Gasteiger charge is -2.26. The lowest BCUT2D eigenvalue weighted by molar-refractivity contribution is 0.210. The Morgan fingerprint density at radius 3 is 2.71 bits per heavy atom. The molecule has 0 spiro atoms. The topological polar surface area (TPSA) is 47.0 Å². The standard InChI is InChI=1S/C8H11N3O.2ClH/c1-2-10-7(1)6-12-8-5-9-3-4-11-8;;/h3-5,7,10H,1-2,6H2;2*1H/t7-;;/m0../s1. The van der Waals surface area contributed by atoms with E-state index in [2.05, 4.69) is 15.3 Å². The molecule has 1 aromatic rings. The summed E-state index contributed by atoms with van der Waals surface area (Å²) in [6.45, 7) is 1.80. The molecule has 0 radical (unpaired) electrons. The highest BCUT2D eigenvalue weighted by molar-refractivity contribution is 5.85. The molecule has 14 heavy (non-hydrogen) atoms. The number of hydrogen-bond acceptors (Lipinski definition) is 4. The van der Waals surface area contributed by atoms with Crippen molar-refractivity contribution in [3.8, 4) is 5.88 Å². The fourth-order valence-electron chi connectivity index (χ4n) is 1.04. The maximum atomic E-state index is 5.37. The zero-order valence-corrected chi connectivity index (χ0v) is 9.18. The van der Waals surface area contributed by atoms with Crippen LogP contribution in [0.25, 0.3) is 0 Å². The number of rotatable bonds is 3. The van der Waals surface area contributed by atoms with Crippen molar-refractivity contribution in [2.45, 2.75) is 12.5 Å². The normalized spacial score (nSPS) is 18.4. The summed E-state index contributed by atoms with van der Waals surface area (Å²) >= 11 is 0. The molecule has 0 bridgehead atoms. The van der Waals surface area contributed by atoms with E-state index in [-0.39, 0.29) is 24.8 Å². The maximum absolute atomic E-state index is 5.37. The molecule has 0 unspecified atom stereocenters. The molecule has 0 saturated carbocycles. The van der Waals surface area contributed by atoms with Crippen LogP contribution in [0.2, 0.25) is 0 Å². The van der Waals surface area contributed by atoms with Crippen LogP contribution in [0.1, 0.15) is 6.42 Å². The summed E-state index contributed by atoms with van der Waals surface area (Å²) < 4.78 is 5.37. The predicted octanol–water partition coefficient (Wildman–Crippen LogP) is 1.06. The van der Waals surface area contributed by atoms with Gasteiger partial charge in [0.2, 0.25) is 5.88 Å². The summed E-state index contributed by atoms with van der Waals surface area (Å²) in [6.07, 6.45) is 6.08. The van der Waals surface area contributed by atoms with E-state index >= 15 is 0 Å². The first-order chi connectivity index (χ1) is 5.95. The zero-order chi connectivity index (χ0) is 8.23. The lowest BCUT2D eigenvalue weighted by Crippen LogP contribution is -2.46. The fraction of sp³-hybridized carbons (Fsp3) is 0.500. The summed E-state index contributed by atoms with van der Waals surface area (Å²) in [5.74, 6) is 0.603. The van der Waals surface area contributed by atoms with Crippen LogP contribution in [0.5, 0.6) is 5.88 Å². The third kappa shape index (κ3) is 3.65. The van der Waals surface area contributed by atoms with E-state index < -0.39 is 0 Å². The van der Waals surface area contributed by atoms with Gasteiger partial charge in [-0.2, -0.15) is 0 Å². The van der Waals surface area contributed by atoms with Gasteiger partial charge in [0.05, 0.1) is 6.20 Å². The third-order valence-corrected chi connectivity index (χ3v) is 1.90. The minimum absolute atomic E-state index is 0. The summed E-state index contributed by atoms with van der Waals surface area (Å²) in [7, 11) is 0. The number of halogens is 2. The molecule has 1 aliphatic heterocycles. The molecule has 1 aliphatic rings. The van der Waals surface area contributed by atoms with Crippen molar-refractivity contribution in [2.24, 2.45) is 0 Å². The zero-order valence-electron chi connectivity index (χ0n) is 7.55. The number of ether oxygens (including phenoxy) is 1. The van der Waals surface area contributed by atoms with Gasteiger partial charge in [0, 0.05) is 18.4 Å². The molecule has 6 heteroatoms. The van der Waals surface area contributed by atoms with E-state index in [9.17, 15) is 0 Å². The van der Waals surface area contributed by atoms with Gasteiger partial charge in [0.1, 0.15) is 6.61 Å². The Labute approximate surface area is 95.3 Å². The van der Waals surface area contributed by atoms with Crippen molar-refractivity contribution < 1.29 is 4.74 Å². The largest absolute Gasteiger partial charge is 0.475 e. The molecule has 1 N–H and O–H groups in total. The van der Waals surface area contributed by atoms with Gasteiger partial charge < -0.3 is 10.1 Å². The van der Waals surface area contributed by atoms with Gasteiger partial charge in [0.25, 0.3) is 0 Å². The second-order valence-corrected chi connectivity index (χ2v) is 2.79. The summed E-state index contributed by atoms with van der Waals surface area (Å²) in [6, 6.07) is 0.506. The second-order valence-electron chi connectivity index (χ2n) is 2.79. The minimum Gasteiger partial charge on any atom is -0.475 e. The number of nitrogens with zero attached hydrogens (tertiary/aromatic N) is 2. The number of hydrogen-bond donors (Lipinski definition) is 1. The van der Waals surface area contributed by atoms with E-state index in [0.29, 0.717) is 18.5 Å². The van der Waals surface area contributed by atoms with Crippen molar-refractivity contribution >= 4 is 24.8 Å². The molecule has 2 rings (SSSR count). The maximum Gasteiger partial charge on any atom is 0.232 e. The number of aromatic nitrogens is 2. The smallest absolute Gasteiger partial charge is 0.232 e. The molecule has 4 nitrogen and oxygen atoms in total. The van der Waals surface area contributed by atoms with Gasteiger partial charge >= 0.3 is 0 Å². The van der Waals surface area contributed by atoms with Crippen molar-refractivity contribution in [1.82, 2.24) is 15.3 Å². The molecule has 2 heterocycles. The summed E-state index contributed by atoms with van der Waals surface area (Å²) in [4.78, 5) is 7.90. The van der Waals surface area contributed by atoms with Crippen molar-refractivity contribution in [3.05, 3.63) is 18.6 Å². The van der Waals surface area contributed by atoms with Gasteiger partial charge in [-0.05, 0) is 13.0 Å². The molecule has 1 saturated heterocycles. The predicted molar refractivity (Wildman–Crippen MR) is 58.4 cm³/mol. The Morgan fingerprint density at radius 2 is 2.21 bits per heavy atom. The van der Waals surface area contributed by atoms with Crippen LogP contribution in [-0.4, -0.2) is 29.2 Å². The Kier molecular flexibility index (Phi) is 6.53. The van der Waals surface area contributed by atoms with E-state index in [0.717, 1.165) is 6.54 Å². The van der Waals surface area contributed by atoms with Crippen molar-refractivity contribution in [2.75, 3.05) is 13.2 Å². The fourth-order valence-corrected chi connectivity index (χ4v) is 1.04. The van der Waals surface area contributed by atoms with Crippen LogP contribution in [0, 0.1) is 0 Å². The minimum atomic E-state index is 0. The molecule has 1 aromatic heterocycles. The van der Waals surface area contributed by atoms with Gasteiger partial charge in [-0.25, -0.2) is 4.98 Å². The molecule has 1 atom stereocenters. The Hall–Kier alpha value is -0.580. The van der Waals surface area contributed by atoms with Crippen LogP contribution < -0.4 is 10.1 Å². The van der Waals surface area contributed by atoms with Gasteiger partial charge in [0.15, 0.2) is 0 Å². The highest BCUT2D eigenvalue weighted by Gasteiger charge is 2.16. The van der Waals surface area contributed by atoms with Crippen molar-refractivity contribution in [3.63, 3.8) is 0 Å². The monoisotopic (exact) mass is 237 g/mol. The van der Waals surface area contributed by atoms with Gasteiger partial charge in [-0.1, -0.05) is 0 Å². The molecular weight excluding hydrogens is 225 g/mol. The van der Waals surface area contributed by atoms with Gasteiger partial charge in [-0.15, -0.1) is 24.8 Å². The van der Waals surface area contributed by atoms with E-state index in [1.807, 2.05) is 0 Å². The Bertz CT molecular complexity index is 244. The first-order valence-electron chi connectivity index (χ1n) is 4.07. The lowest BCUT2D eigenvalue weighted by atomic mass is 10.1. The average molecular weight is 238 g/mol. The Morgan fingerprint density at radius 1 is 1.43 bits per heavy atom. The Balaban J connectivity index is 0.000000845. The first kappa shape index (κ1) is 13.4. The second kappa shape index (κ2) is 6.81. The van der Waals surface area contributed by atoms with Crippen LogP contribution in [0.4, 0.5) is 0 Å². The van der Waals surface area contributed by atoms with Crippen LogP contribution in [0.3, 0.4) is 0 Å². The SMILES string of the molecule is Cl.Cl.c1cnc(OC[C@@H]2CCN2)cn1. The van der Waals surface area contributed by atoms with Gasteiger partial charge in [-0.3, -0.25) is 4.98 Å². The number of nitrogens with one attached hydrogen (secondary N) is 1. The molecule has 0 amide bonds. The average Bonchev–Trinajstić information content (AvgIpc) is 2.04. The van der Waals surface area contributed by atoms with E-state index in [1.165, 1.54) is 6.42 Å². The van der Waals surface area contributed by atoms with Crippen LogP contribution >= 0.6 is 24.8 Å². The van der Waals surface area contributed by atoms with E-state index in [4.69, 9.17) is 4.74 Å². The molecule has 0 aromatic carbocycles. The summed E-state index contributed by atoms with van der Waals surface area (Å²) in [5.41, 5.74) is 0. The van der Waals surface area contributed by atoms with Crippen LogP contribution in [-0.2, 0) is 0 Å². The molecule has 0 aliphatic carbocycles. The molecule has 80 valence electrons. The first-order valence-corrected chi connectivity index (χ1v) is 4.07.